The van der Waals surface area contributed by atoms with Gasteiger partial charge >= 0.3 is 5.97 Å². The standard InChI is InChI=1S/C15H23NO3/c1-10-7-6-8-13(11(10)2)19-15(3,4)9-12(16)14(17)18-5/h6-8,12H,9,16H2,1-5H3. The van der Waals surface area contributed by atoms with Crippen LogP contribution in [-0.2, 0) is 9.53 Å². The van der Waals surface area contributed by atoms with Crippen molar-refractivity contribution in [1.29, 1.82) is 0 Å². The lowest BCUT2D eigenvalue weighted by Crippen LogP contribution is -2.41. The minimum absolute atomic E-state index is 0.396. The lowest BCUT2D eigenvalue weighted by atomic mass is 9.98. The molecule has 106 valence electrons. The number of rotatable bonds is 5. The zero-order valence-corrected chi connectivity index (χ0v) is 12.3. The largest absolute Gasteiger partial charge is 0.488 e. The minimum atomic E-state index is -0.676. The quantitative estimate of drug-likeness (QED) is 0.830. The van der Waals surface area contributed by atoms with Gasteiger partial charge in [-0.25, -0.2) is 0 Å². The predicted molar refractivity (Wildman–Crippen MR) is 75.2 cm³/mol. The summed E-state index contributed by atoms with van der Waals surface area (Å²) in [6.45, 7) is 7.88. The zero-order chi connectivity index (χ0) is 14.6. The molecule has 19 heavy (non-hydrogen) atoms. The number of aryl methyl sites for hydroxylation is 1. The molecule has 0 heterocycles. The van der Waals surface area contributed by atoms with Gasteiger partial charge in [-0.3, -0.25) is 4.79 Å². The van der Waals surface area contributed by atoms with Crippen LogP contribution in [-0.4, -0.2) is 24.7 Å². The van der Waals surface area contributed by atoms with Gasteiger partial charge in [-0.2, -0.15) is 0 Å². The number of ether oxygens (including phenoxy) is 2. The van der Waals surface area contributed by atoms with Crippen LogP contribution in [0.3, 0.4) is 0 Å². The molecule has 1 unspecified atom stereocenters. The molecule has 0 aliphatic carbocycles. The van der Waals surface area contributed by atoms with Gasteiger partial charge in [-0.1, -0.05) is 12.1 Å². The SMILES string of the molecule is COC(=O)C(N)CC(C)(C)Oc1cccc(C)c1C. The molecule has 0 amide bonds. The number of benzene rings is 1. The highest BCUT2D eigenvalue weighted by atomic mass is 16.5. The van der Waals surface area contributed by atoms with Crippen molar-refractivity contribution in [2.24, 2.45) is 5.73 Å². The van der Waals surface area contributed by atoms with Crippen LogP contribution < -0.4 is 10.5 Å². The van der Waals surface area contributed by atoms with Crippen molar-refractivity contribution in [2.45, 2.75) is 45.8 Å². The van der Waals surface area contributed by atoms with Crippen LogP contribution >= 0.6 is 0 Å². The van der Waals surface area contributed by atoms with Crippen LogP contribution in [0.4, 0.5) is 0 Å². The third-order valence-electron chi connectivity index (χ3n) is 3.16. The first-order valence-electron chi connectivity index (χ1n) is 6.35. The molecule has 4 heteroatoms. The van der Waals surface area contributed by atoms with Crippen LogP contribution in [0.5, 0.6) is 5.75 Å². The van der Waals surface area contributed by atoms with E-state index in [1.165, 1.54) is 12.7 Å². The molecule has 0 saturated carbocycles. The molecular formula is C15H23NO3. The summed E-state index contributed by atoms with van der Waals surface area (Å²) in [4.78, 5) is 11.4. The lowest BCUT2D eigenvalue weighted by molar-refractivity contribution is -0.143. The van der Waals surface area contributed by atoms with Crippen molar-refractivity contribution in [3.05, 3.63) is 29.3 Å². The monoisotopic (exact) mass is 265 g/mol. The summed E-state index contributed by atoms with van der Waals surface area (Å²) in [6.07, 6.45) is 0.396. The Morgan fingerprint density at radius 1 is 1.37 bits per heavy atom. The van der Waals surface area contributed by atoms with E-state index in [2.05, 4.69) is 4.74 Å². The summed E-state index contributed by atoms with van der Waals surface area (Å²) < 4.78 is 10.6. The highest BCUT2D eigenvalue weighted by molar-refractivity contribution is 5.75. The number of carbonyl (C=O) groups is 1. The Morgan fingerprint density at radius 3 is 2.58 bits per heavy atom. The number of hydrogen-bond donors (Lipinski definition) is 1. The molecule has 1 rings (SSSR count). The summed E-state index contributed by atoms with van der Waals surface area (Å²) in [7, 11) is 1.33. The van der Waals surface area contributed by atoms with Crippen molar-refractivity contribution < 1.29 is 14.3 Å². The van der Waals surface area contributed by atoms with E-state index in [1.807, 2.05) is 45.9 Å². The van der Waals surface area contributed by atoms with Gasteiger partial charge in [0.1, 0.15) is 17.4 Å². The molecule has 1 aromatic carbocycles. The summed E-state index contributed by atoms with van der Waals surface area (Å²) in [6, 6.07) is 5.24. The van der Waals surface area contributed by atoms with E-state index in [4.69, 9.17) is 10.5 Å². The molecule has 1 aromatic rings. The second kappa shape index (κ2) is 6.06. The molecular weight excluding hydrogens is 242 g/mol. The van der Waals surface area contributed by atoms with E-state index in [0.717, 1.165) is 11.3 Å². The van der Waals surface area contributed by atoms with Crippen LogP contribution in [0.2, 0.25) is 0 Å². The van der Waals surface area contributed by atoms with E-state index in [9.17, 15) is 4.79 Å². The maximum atomic E-state index is 11.4. The molecule has 1 atom stereocenters. The van der Waals surface area contributed by atoms with Crippen molar-refractivity contribution in [2.75, 3.05) is 7.11 Å². The summed E-state index contributed by atoms with van der Waals surface area (Å²) >= 11 is 0. The third-order valence-corrected chi connectivity index (χ3v) is 3.16. The number of methoxy groups -OCH3 is 1. The van der Waals surface area contributed by atoms with Crippen molar-refractivity contribution in [3.63, 3.8) is 0 Å². The second-order valence-corrected chi connectivity index (χ2v) is 5.39. The van der Waals surface area contributed by atoms with Gasteiger partial charge in [0.15, 0.2) is 0 Å². The Bertz CT molecular complexity index is 455. The molecule has 0 aliphatic heterocycles. The van der Waals surface area contributed by atoms with Gasteiger partial charge in [0, 0.05) is 6.42 Å². The molecule has 0 aliphatic rings. The number of esters is 1. The Balaban J connectivity index is 2.79. The normalized spacial score (nSPS) is 12.9. The Morgan fingerprint density at radius 2 is 2.00 bits per heavy atom. The minimum Gasteiger partial charge on any atom is -0.488 e. The number of carbonyl (C=O) groups excluding carboxylic acids is 1. The fourth-order valence-corrected chi connectivity index (χ4v) is 1.94. The predicted octanol–water partition coefficient (Wildman–Crippen LogP) is 2.35. The first kappa shape index (κ1) is 15.5. The average Bonchev–Trinajstić information content (AvgIpc) is 2.33. The topological polar surface area (TPSA) is 61.5 Å². The molecule has 0 bridgehead atoms. The molecule has 2 N–H and O–H groups in total. The molecule has 0 saturated heterocycles. The van der Waals surface area contributed by atoms with Gasteiger partial charge in [0.25, 0.3) is 0 Å². The summed E-state index contributed by atoms with van der Waals surface area (Å²) in [5.41, 5.74) is 7.52. The van der Waals surface area contributed by atoms with Crippen LogP contribution in [0.15, 0.2) is 18.2 Å². The van der Waals surface area contributed by atoms with Gasteiger partial charge in [-0.05, 0) is 44.9 Å². The third kappa shape index (κ3) is 4.24. The second-order valence-electron chi connectivity index (χ2n) is 5.39. The van der Waals surface area contributed by atoms with Gasteiger partial charge in [-0.15, -0.1) is 0 Å². The highest BCUT2D eigenvalue weighted by Gasteiger charge is 2.28. The van der Waals surface area contributed by atoms with Gasteiger partial charge < -0.3 is 15.2 Å². The van der Waals surface area contributed by atoms with E-state index in [1.54, 1.807) is 0 Å². The fraction of sp³-hybridized carbons (Fsp3) is 0.533. The maximum absolute atomic E-state index is 11.4. The molecule has 0 fully saturated rings. The Labute approximate surface area is 114 Å². The van der Waals surface area contributed by atoms with Crippen LogP contribution in [0, 0.1) is 13.8 Å². The zero-order valence-electron chi connectivity index (χ0n) is 12.3. The molecule has 0 spiro atoms. The smallest absolute Gasteiger partial charge is 0.322 e. The average molecular weight is 265 g/mol. The first-order valence-corrected chi connectivity index (χ1v) is 6.35. The van der Waals surface area contributed by atoms with E-state index >= 15 is 0 Å². The van der Waals surface area contributed by atoms with Crippen molar-refractivity contribution >= 4 is 5.97 Å². The van der Waals surface area contributed by atoms with Crippen LogP contribution in [0.25, 0.3) is 0 Å². The van der Waals surface area contributed by atoms with E-state index < -0.39 is 17.6 Å². The fourth-order valence-electron chi connectivity index (χ4n) is 1.94. The molecule has 4 nitrogen and oxygen atoms in total. The van der Waals surface area contributed by atoms with Crippen molar-refractivity contribution in [1.82, 2.24) is 0 Å². The molecule has 0 radical (unpaired) electrons. The summed E-state index contributed by atoms with van der Waals surface area (Å²) in [5.74, 6) is 0.403. The number of hydrogen-bond acceptors (Lipinski definition) is 4. The van der Waals surface area contributed by atoms with Gasteiger partial charge in [0.2, 0.25) is 0 Å². The number of nitrogens with two attached hydrogens (primary N) is 1. The molecule has 0 aromatic heterocycles. The van der Waals surface area contributed by atoms with Crippen molar-refractivity contribution in [3.8, 4) is 5.75 Å². The Kier molecular flexibility index (Phi) is 4.95. The lowest BCUT2D eigenvalue weighted by Gasteiger charge is -2.29. The summed E-state index contributed by atoms with van der Waals surface area (Å²) in [5, 5.41) is 0. The highest BCUT2D eigenvalue weighted by Crippen LogP contribution is 2.27. The van der Waals surface area contributed by atoms with E-state index in [-0.39, 0.29) is 0 Å². The van der Waals surface area contributed by atoms with E-state index in [0.29, 0.717) is 6.42 Å². The van der Waals surface area contributed by atoms with Crippen LogP contribution in [0.1, 0.15) is 31.4 Å². The maximum Gasteiger partial charge on any atom is 0.322 e. The first-order chi connectivity index (χ1) is 8.76. The van der Waals surface area contributed by atoms with Gasteiger partial charge in [0.05, 0.1) is 7.11 Å². The Hall–Kier alpha value is -1.55.